The molecule has 5 nitrogen and oxygen atoms in total. The highest BCUT2D eigenvalue weighted by molar-refractivity contribution is 5.67. The Morgan fingerprint density at radius 3 is 2.46 bits per heavy atom. The van der Waals surface area contributed by atoms with E-state index in [1.54, 1.807) is 0 Å². The van der Waals surface area contributed by atoms with Crippen molar-refractivity contribution in [2.24, 2.45) is 0 Å². The molecule has 0 aromatic rings. The first kappa shape index (κ1) is 11.7. The average molecular weight is 187 g/mol. The fraction of sp³-hybridized carbons (Fsp3) is 0.750. The molecule has 0 amide bonds. The molecule has 1 N–H and O–H groups in total. The maximum Gasteiger partial charge on any atom is 0.307 e. The predicted octanol–water partition coefficient (Wildman–Crippen LogP) is 0.0336. The second-order valence-corrected chi connectivity index (χ2v) is 3.90. The summed E-state index contributed by atoms with van der Waals surface area (Å²) in [5.41, 5.74) is 0. The number of quaternary nitrogens is 1. The normalized spacial score (nSPS) is 13.1. The number of ether oxygens (including phenoxy) is 1. The van der Waals surface area contributed by atoms with Crippen LogP contribution in [0.1, 0.15) is 6.42 Å². The van der Waals surface area contributed by atoms with Gasteiger partial charge in [-0.15, -0.1) is 0 Å². The van der Waals surface area contributed by atoms with Crippen molar-refractivity contribution >= 4 is 5.97 Å². The Bertz CT molecular complexity index is 214. The first-order valence-corrected chi connectivity index (χ1v) is 3.92. The van der Waals surface area contributed by atoms with Crippen LogP contribution in [0.4, 0.5) is 0 Å². The number of nitriles is 1. The van der Waals surface area contributed by atoms with Gasteiger partial charge in [0.15, 0.2) is 6.10 Å². The number of likely N-dealkylation sites (N-methyl/N-ethyl adjacent to an activating group) is 1. The Morgan fingerprint density at radius 2 is 2.15 bits per heavy atom. The van der Waals surface area contributed by atoms with Gasteiger partial charge in [-0.2, -0.15) is 5.26 Å². The average Bonchev–Trinajstić information content (AvgIpc) is 1.81. The van der Waals surface area contributed by atoms with Crippen LogP contribution in [0.25, 0.3) is 0 Å². The topological polar surface area (TPSA) is 70.3 Å². The Kier molecular flexibility index (Phi) is 4.21. The molecule has 0 aliphatic carbocycles. The third-order valence-corrected chi connectivity index (χ3v) is 1.37. The molecule has 1 atom stereocenters. The minimum atomic E-state index is -0.950. The van der Waals surface area contributed by atoms with E-state index in [0.717, 1.165) is 0 Å². The molecule has 0 rings (SSSR count). The molecule has 0 saturated heterocycles. The second kappa shape index (κ2) is 4.67. The lowest BCUT2D eigenvalue weighted by molar-refractivity contribution is -0.873. The van der Waals surface area contributed by atoms with E-state index in [9.17, 15) is 4.79 Å². The quantitative estimate of drug-likeness (QED) is 0.487. The van der Waals surface area contributed by atoms with E-state index in [0.29, 0.717) is 11.0 Å². The third kappa shape index (κ3) is 7.09. The SMILES string of the molecule is C[N+](C)(C)CC(CC(=O)O)OC#N. The summed E-state index contributed by atoms with van der Waals surface area (Å²) in [5.74, 6) is -0.950. The van der Waals surface area contributed by atoms with Crippen molar-refractivity contribution < 1.29 is 19.1 Å². The molecular formula is C8H15N2O3+. The number of aliphatic carboxylic acids is 1. The largest absolute Gasteiger partial charge is 0.481 e. The molecule has 0 saturated carbocycles. The summed E-state index contributed by atoms with van der Waals surface area (Å²) in [7, 11) is 5.74. The Balaban J connectivity index is 4.11. The van der Waals surface area contributed by atoms with Gasteiger partial charge < -0.3 is 14.3 Å². The maximum absolute atomic E-state index is 10.4. The summed E-state index contributed by atoms with van der Waals surface area (Å²) in [6.45, 7) is 0.500. The van der Waals surface area contributed by atoms with Crippen molar-refractivity contribution in [1.29, 1.82) is 5.26 Å². The maximum atomic E-state index is 10.4. The molecule has 0 radical (unpaired) electrons. The molecular weight excluding hydrogens is 172 g/mol. The summed E-state index contributed by atoms with van der Waals surface area (Å²) in [6.07, 6.45) is 0.847. The molecule has 0 fully saturated rings. The van der Waals surface area contributed by atoms with Gasteiger partial charge in [-0.3, -0.25) is 4.79 Å². The van der Waals surface area contributed by atoms with Crippen LogP contribution >= 0.6 is 0 Å². The first-order valence-electron chi connectivity index (χ1n) is 3.92. The molecule has 5 heteroatoms. The standard InChI is InChI=1S/C8H14N2O3/c1-10(2,3)5-7(13-6-9)4-8(11)12/h7H,4-5H2,1-3H3/p+1. The molecule has 0 spiro atoms. The molecule has 0 aliphatic rings. The number of carboxylic acid groups (broad SMARTS) is 1. The fourth-order valence-electron chi connectivity index (χ4n) is 1.02. The van der Waals surface area contributed by atoms with Crippen LogP contribution < -0.4 is 0 Å². The molecule has 74 valence electrons. The minimum absolute atomic E-state index is 0.136. The van der Waals surface area contributed by atoms with E-state index in [-0.39, 0.29) is 6.42 Å². The summed E-state index contributed by atoms with van der Waals surface area (Å²) in [4.78, 5) is 10.4. The van der Waals surface area contributed by atoms with Gasteiger partial charge in [0.05, 0.1) is 27.6 Å². The van der Waals surface area contributed by atoms with Gasteiger partial charge in [0.25, 0.3) is 6.26 Å². The number of hydrogen-bond donors (Lipinski definition) is 1. The van der Waals surface area contributed by atoms with Crippen LogP contribution in [0.2, 0.25) is 0 Å². The molecule has 0 bridgehead atoms. The summed E-state index contributed by atoms with van der Waals surface area (Å²) < 4.78 is 5.21. The third-order valence-electron chi connectivity index (χ3n) is 1.37. The first-order chi connectivity index (χ1) is 5.85. The predicted molar refractivity (Wildman–Crippen MR) is 45.6 cm³/mol. The highest BCUT2D eigenvalue weighted by Gasteiger charge is 2.22. The van der Waals surface area contributed by atoms with Crippen LogP contribution in [-0.2, 0) is 9.53 Å². The zero-order valence-corrected chi connectivity index (χ0v) is 8.15. The van der Waals surface area contributed by atoms with Gasteiger partial charge in [-0.1, -0.05) is 0 Å². The molecule has 0 aliphatic heterocycles. The summed E-state index contributed by atoms with van der Waals surface area (Å²) in [6, 6.07) is 0. The number of carboxylic acids is 1. The summed E-state index contributed by atoms with van der Waals surface area (Å²) >= 11 is 0. The van der Waals surface area contributed by atoms with Crippen molar-refractivity contribution in [2.75, 3.05) is 27.7 Å². The van der Waals surface area contributed by atoms with Crippen LogP contribution in [-0.4, -0.2) is 49.4 Å². The Labute approximate surface area is 77.7 Å². The van der Waals surface area contributed by atoms with E-state index in [4.69, 9.17) is 10.4 Å². The zero-order chi connectivity index (χ0) is 10.5. The molecule has 0 heterocycles. The second-order valence-electron chi connectivity index (χ2n) is 3.90. The van der Waals surface area contributed by atoms with Crippen molar-refractivity contribution in [2.45, 2.75) is 12.5 Å². The zero-order valence-electron chi connectivity index (χ0n) is 8.15. The lowest BCUT2D eigenvalue weighted by Gasteiger charge is -2.26. The van der Waals surface area contributed by atoms with Gasteiger partial charge in [-0.25, -0.2) is 0 Å². The highest BCUT2D eigenvalue weighted by Crippen LogP contribution is 2.03. The van der Waals surface area contributed by atoms with Crippen LogP contribution in [0.3, 0.4) is 0 Å². The summed E-state index contributed by atoms with van der Waals surface area (Å²) in [5, 5.41) is 16.8. The van der Waals surface area contributed by atoms with E-state index >= 15 is 0 Å². The minimum Gasteiger partial charge on any atom is -0.481 e. The van der Waals surface area contributed by atoms with Crippen LogP contribution in [0, 0.1) is 11.5 Å². The van der Waals surface area contributed by atoms with Gasteiger partial charge >= 0.3 is 5.97 Å². The van der Waals surface area contributed by atoms with Gasteiger partial charge in [0, 0.05) is 0 Å². The Morgan fingerprint density at radius 1 is 1.62 bits per heavy atom. The number of hydrogen-bond acceptors (Lipinski definition) is 3. The van der Waals surface area contributed by atoms with Crippen LogP contribution in [0.5, 0.6) is 0 Å². The monoisotopic (exact) mass is 187 g/mol. The van der Waals surface area contributed by atoms with E-state index in [1.807, 2.05) is 21.1 Å². The van der Waals surface area contributed by atoms with Gasteiger partial charge in [0.2, 0.25) is 0 Å². The molecule has 13 heavy (non-hydrogen) atoms. The molecule has 0 aromatic carbocycles. The van der Waals surface area contributed by atoms with Gasteiger partial charge in [0.1, 0.15) is 6.54 Å². The van der Waals surface area contributed by atoms with E-state index < -0.39 is 12.1 Å². The van der Waals surface area contributed by atoms with E-state index in [1.165, 1.54) is 6.26 Å². The Hall–Kier alpha value is -1.28. The molecule has 0 aromatic heterocycles. The van der Waals surface area contributed by atoms with Crippen LogP contribution in [0.15, 0.2) is 0 Å². The number of rotatable bonds is 5. The smallest absolute Gasteiger partial charge is 0.307 e. The van der Waals surface area contributed by atoms with Crippen molar-refractivity contribution in [3.63, 3.8) is 0 Å². The van der Waals surface area contributed by atoms with Crippen molar-refractivity contribution in [3.05, 3.63) is 0 Å². The van der Waals surface area contributed by atoms with E-state index in [2.05, 4.69) is 4.74 Å². The lowest BCUT2D eigenvalue weighted by Crippen LogP contribution is -2.42. The highest BCUT2D eigenvalue weighted by atomic mass is 16.5. The van der Waals surface area contributed by atoms with Gasteiger partial charge in [-0.05, 0) is 0 Å². The number of carbonyl (C=O) groups is 1. The van der Waals surface area contributed by atoms with Crippen molar-refractivity contribution in [3.8, 4) is 6.26 Å². The van der Waals surface area contributed by atoms with Crippen molar-refractivity contribution in [1.82, 2.24) is 0 Å². The fourth-order valence-corrected chi connectivity index (χ4v) is 1.02. The molecule has 1 unspecified atom stereocenters. The lowest BCUT2D eigenvalue weighted by atomic mass is 10.2. The number of nitrogens with zero attached hydrogens (tertiary/aromatic N) is 2.